The molecular weight excluding hydrogens is 248 g/mol. The van der Waals surface area contributed by atoms with Crippen LogP contribution in [0.1, 0.15) is 36.3 Å². The van der Waals surface area contributed by atoms with Crippen LogP contribution in [-0.4, -0.2) is 35.1 Å². The summed E-state index contributed by atoms with van der Waals surface area (Å²) in [6.45, 7) is 8.32. The molecule has 2 rings (SSSR count). The normalized spacial score (nSPS) is 13.3. The van der Waals surface area contributed by atoms with E-state index in [4.69, 9.17) is 10.7 Å². The fourth-order valence-corrected chi connectivity index (χ4v) is 2.53. The van der Waals surface area contributed by atoms with E-state index in [1.165, 1.54) is 16.6 Å². The summed E-state index contributed by atoms with van der Waals surface area (Å²) >= 11 is 0. The van der Waals surface area contributed by atoms with Crippen LogP contribution in [0, 0.1) is 13.8 Å². The quantitative estimate of drug-likeness (QED) is 0.911. The van der Waals surface area contributed by atoms with E-state index in [2.05, 4.69) is 49.5 Å². The SMILES string of the molecule is Cc1cc2nc(C(C)N)n(CCCN(C)C)c2cc1C. The molecule has 1 unspecified atom stereocenters. The average molecular weight is 274 g/mol. The topological polar surface area (TPSA) is 47.1 Å². The minimum atomic E-state index is -0.0395. The first-order valence-electron chi connectivity index (χ1n) is 7.28. The Morgan fingerprint density at radius 3 is 2.50 bits per heavy atom. The highest BCUT2D eigenvalue weighted by atomic mass is 15.1. The third kappa shape index (κ3) is 3.02. The van der Waals surface area contributed by atoms with Crippen molar-refractivity contribution in [1.82, 2.24) is 14.5 Å². The molecule has 2 aromatic rings. The van der Waals surface area contributed by atoms with Crippen LogP contribution in [0.25, 0.3) is 11.0 Å². The summed E-state index contributed by atoms with van der Waals surface area (Å²) in [5.74, 6) is 0.990. The van der Waals surface area contributed by atoms with Crippen molar-refractivity contribution in [2.75, 3.05) is 20.6 Å². The van der Waals surface area contributed by atoms with Gasteiger partial charge in [-0.2, -0.15) is 0 Å². The fraction of sp³-hybridized carbons (Fsp3) is 0.562. The molecule has 1 aromatic heterocycles. The molecule has 0 aliphatic heterocycles. The molecule has 0 bridgehead atoms. The number of hydrogen-bond acceptors (Lipinski definition) is 3. The van der Waals surface area contributed by atoms with Gasteiger partial charge in [-0.05, 0) is 71.1 Å². The van der Waals surface area contributed by atoms with Crippen LogP contribution in [0.4, 0.5) is 0 Å². The van der Waals surface area contributed by atoms with Crippen LogP contribution in [0.2, 0.25) is 0 Å². The van der Waals surface area contributed by atoms with Gasteiger partial charge in [0.25, 0.3) is 0 Å². The van der Waals surface area contributed by atoms with Gasteiger partial charge in [-0.15, -0.1) is 0 Å². The van der Waals surface area contributed by atoms with E-state index in [9.17, 15) is 0 Å². The predicted molar refractivity (Wildman–Crippen MR) is 85.0 cm³/mol. The summed E-state index contributed by atoms with van der Waals surface area (Å²) in [4.78, 5) is 6.94. The number of benzene rings is 1. The van der Waals surface area contributed by atoms with Crippen molar-refractivity contribution in [2.24, 2.45) is 5.73 Å². The maximum atomic E-state index is 6.09. The molecule has 1 aromatic carbocycles. The minimum Gasteiger partial charge on any atom is -0.327 e. The van der Waals surface area contributed by atoms with E-state index >= 15 is 0 Å². The maximum absolute atomic E-state index is 6.09. The lowest BCUT2D eigenvalue weighted by molar-refractivity contribution is 0.385. The molecule has 110 valence electrons. The molecular formula is C16H26N4. The van der Waals surface area contributed by atoms with Crippen LogP contribution in [0.15, 0.2) is 12.1 Å². The Kier molecular flexibility index (Phi) is 4.45. The summed E-state index contributed by atoms with van der Waals surface area (Å²) in [6.07, 6.45) is 1.10. The van der Waals surface area contributed by atoms with Crippen molar-refractivity contribution in [3.8, 4) is 0 Å². The Labute approximate surface area is 121 Å². The van der Waals surface area contributed by atoms with Crippen molar-refractivity contribution in [1.29, 1.82) is 0 Å². The zero-order valence-corrected chi connectivity index (χ0v) is 13.3. The smallest absolute Gasteiger partial charge is 0.126 e. The molecule has 0 radical (unpaired) electrons. The van der Waals surface area contributed by atoms with E-state index in [-0.39, 0.29) is 6.04 Å². The summed E-state index contributed by atoms with van der Waals surface area (Å²) in [5, 5.41) is 0. The Bertz CT molecular complexity index is 596. The predicted octanol–water partition coefficient (Wildman–Crippen LogP) is 2.62. The molecule has 0 fully saturated rings. The molecule has 0 saturated carbocycles. The third-order valence-corrected chi connectivity index (χ3v) is 3.79. The summed E-state index contributed by atoms with van der Waals surface area (Å²) in [5.41, 5.74) is 11.0. The number of imidazole rings is 1. The van der Waals surface area contributed by atoms with Gasteiger partial charge in [-0.1, -0.05) is 0 Å². The second-order valence-corrected chi connectivity index (χ2v) is 5.99. The third-order valence-electron chi connectivity index (χ3n) is 3.79. The Morgan fingerprint density at radius 2 is 1.90 bits per heavy atom. The lowest BCUT2D eigenvalue weighted by atomic mass is 10.1. The van der Waals surface area contributed by atoms with Gasteiger partial charge in [-0.3, -0.25) is 0 Å². The van der Waals surface area contributed by atoms with Crippen molar-refractivity contribution in [3.05, 3.63) is 29.1 Å². The highest BCUT2D eigenvalue weighted by Gasteiger charge is 2.14. The molecule has 4 heteroatoms. The lowest BCUT2D eigenvalue weighted by Crippen LogP contribution is -2.18. The highest BCUT2D eigenvalue weighted by molar-refractivity contribution is 5.78. The van der Waals surface area contributed by atoms with Gasteiger partial charge in [0, 0.05) is 6.54 Å². The minimum absolute atomic E-state index is 0.0395. The summed E-state index contributed by atoms with van der Waals surface area (Å²) in [6, 6.07) is 4.36. The summed E-state index contributed by atoms with van der Waals surface area (Å²) < 4.78 is 2.29. The Morgan fingerprint density at radius 1 is 1.25 bits per heavy atom. The van der Waals surface area contributed by atoms with E-state index in [1.54, 1.807) is 0 Å². The molecule has 1 heterocycles. The van der Waals surface area contributed by atoms with Gasteiger partial charge in [0.05, 0.1) is 17.1 Å². The number of nitrogens with zero attached hydrogens (tertiary/aromatic N) is 3. The first-order chi connectivity index (χ1) is 9.40. The molecule has 4 nitrogen and oxygen atoms in total. The molecule has 0 aliphatic carbocycles. The van der Waals surface area contributed by atoms with Crippen LogP contribution in [0.3, 0.4) is 0 Å². The monoisotopic (exact) mass is 274 g/mol. The molecule has 0 saturated heterocycles. The van der Waals surface area contributed by atoms with Crippen LogP contribution < -0.4 is 5.73 Å². The molecule has 2 N–H and O–H groups in total. The van der Waals surface area contributed by atoms with Crippen LogP contribution in [-0.2, 0) is 6.54 Å². The molecule has 0 amide bonds. The summed E-state index contributed by atoms with van der Waals surface area (Å²) in [7, 11) is 4.21. The Balaban J connectivity index is 2.42. The van der Waals surface area contributed by atoms with Crippen molar-refractivity contribution in [2.45, 2.75) is 39.8 Å². The molecule has 0 aliphatic rings. The van der Waals surface area contributed by atoms with Gasteiger partial charge in [0.2, 0.25) is 0 Å². The standard InChI is InChI=1S/C16H26N4/c1-11-9-14-15(10-12(11)2)20(8-6-7-19(4)5)16(18-14)13(3)17/h9-10,13H,6-8,17H2,1-5H3. The maximum Gasteiger partial charge on any atom is 0.126 e. The van der Waals surface area contributed by atoms with Gasteiger partial charge in [0.1, 0.15) is 5.82 Å². The number of fused-ring (bicyclic) bond motifs is 1. The van der Waals surface area contributed by atoms with E-state index in [1.807, 2.05) is 6.92 Å². The zero-order chi connectivity index (χ0) is 14.9. The molecule has 20 heavy (non-hydrogen) atoms. The second kappa shape index (κ2) is 5.94. The number of aromatic nitrogens is 2. The van der Waals surface area contributed by atoms with Crippen LogP contribution >= 0.6 is 0 Å². The van der Waals surface area contributed by atoms with E-state index < -0.39 is 0 Å². The number of hydrogen-bond donors (Lipinski definition) is 1. The number of rotatable bonds is 5. The van der Waals surface area contributed by atoms with Crippen molar-refractivity contribution < 1.29 is 0 Å². The van der Waals surface area contributed by atoms with Gasteiger partial charge in [0.15, 0.2) is 0 Å². The number of aryl methyl sites for hydroxylation is 3. The van der Waals surface area contributed by atoms with Crippen LogP contribution in [0.5, 0.6) is 0 Å². The molecule has 0 spiro atoms. The Hall–Kier alpha value is -1.39. The lowest BCUT2D eigenvalue weighted by Gasteiger charge is -2.14. The molecule has 1 atom stereocenters. The van der Waals surface area contributed by atoms with E-state index in [0.717, 1.165) is 30.9 Å². The van der Waals surface area contributed by atoms with Gasteiger partial charge < -0.3 is 15.2 Å². The average Bonchev–Trinajstić information content (AvgIpc) is 2.68. The largest absolute Gasteiger partial charge is 0.327 e. The zero-order valence-electron chi connectivity index (χ0n) is 13.3. The van der Waals surface area contributed by atoms with Gasteiger partial charge >= 0.3 is 0 Å². The van der Waals surface area contributed by atoms with Crippen molar-refractivity contribution in [3.63, 3.8) is 0 Å². The van der Waals surface area contributed by atoms with Gasteiger partial charge in [-0.25, -0.2) is 4.98 Å². The van der Waals surface area contributed by atoms with E-state index in [0.29, 0.717) is 0 Å². The second-order valence-electron chi connectivity index (χ2n) is 5.99. The van der Waals surface area contributed by atoms with Crippen molar-refractivity contribution >= 4 is 11.0 Å². The fourth-order valence-electron chi connectivity index (χ4n) is 2.53. The number of nitrogens with two attached hydrogens (primary N) is 1. The first kappa shape index (κ1) is 15.0. The first-order valence-corrected chi connectivity index (χ1v) is 7.28. The highest BCUT2D eigenvalue weighted by Crippen LogP contribution is 2.23.